The number of carbonyl (C=O) groups excluding carboxylic acids is 1. The predicted molar refractivity (Wildman–Crippen MR) is 124 cm³/mol. The second-order valence-electron chi connectivity index (χ2n) is 7.88. The summed E-state index contributed by atoms with van der Waals surface area (Å²) in [5.74, 6) is -0.622. The summed E-state index contributed by atoms with van der Waals surface area (Å²) in [6, 6.07) is 0. The first kappa shape index (κ1) is 31.9. The van der Waals surface area contributed by atoms with Gasteiger partial charge in [-0.2, -0.15) is 16.8 Å². The summed E-state index contributed by atoms with van der Waals surface area (Å²) in [6.07, 6.45) is 17.6. The molecule has 0 heterocycles. The van der Waals surface area contributed by atoms with Crippen LogP contribution in [-0.4, -0.2) is 51.2 Å². The van der Waals surface area contributed by atoms with Crippen LogP contribution in [0.1, 0.15) is 96.8 Å². The largest absolute Gasteiger partial charge is 0.463 e. The van der Waals surface area contributed by atoms with Crippen molar-refractivity contribution in [3.63, 3.8) is 0 Å². The van der Waals surface area contributed by atoms with Crippen LogP contribution in [0, 0.1) is 0 Å². The second-order valence-corrected chi connectivity index (χ2v) is 10.0. The van der Waals surface area contributed by atoms with Crippen LogP contribution in [0.4, 0.5) is 0 Å². The number of carbonyl (C=O) groups is 1. The van der Waals surface area contributed by atoms with Gasteiger partial charge in [0.05, 0.1) is 6.61 Å². The third-order valence-electron chi connectivity index (χ3n) is 4.73. The first-order chi connectivity index (χ1) is 15.5. The highest BCUT2D eigenvalue weighted by Gasteiger charge is 2.22. The molecule has 0 saturated carbocycles. The zero-order valence-corrected chi connectivity index (χ0v) is 21.2. The van der Waals surface area contributed by atoms with Crippen molar-refractivity contribution in [1.29, 1.82) is 0 Å². The highest BCUT2D eigenvalue weighted by atomic mass is 32.3. The van der Waals surface area contributed by atoms with Gasteiger partial charge in [0.2, 0.25) is 0 Å². The molecule has 0 aromatic carbocycles. The molecule has 0 aromatic heterocycles. The number of hydrogen-bond donors (Lipinski definition) is 2. The predicted octanol–water partition coefficient (Wildman–Crippen LogP) is 4.57. The van der Waals surface area contributed by atoms with E-state index in [1.54, 1.807) is 0 Å². The topological polar surface area (TPSA) is 154 Å². The van der Waals surface area contributed by atoms with E-state index in [1.165, 1.54) is 38.5 Å². The number of unbranched alkanes of at least 4 members (excludes halogenated alkanes) is 11. The van der Waals surface area contributed by atoms with E-state index in [0.29, 0.717) is 6.42 Å². The van der Waals surface area contributed by atoms with Gasteiger partial charge >= 0.3 is 26.8 Å². The van der Waals surface area contributed by atoms with E-state index in [2.05, 4.69) is 27.4 Å². The molecular weight excluding hydrogens is 476 g/mol. The monoisotopic (exact) mass is 516 g/mol. The quantitative estimate of drug-likeness (QED) is 0.0904. The number of allylic oxidation sites excluding steroid dienone is 2. The van der Waals surface area contributed by atoms with Gasteiger partial charge in [0.1, 0.15) is 12.7 Å². The maximum Gasteiger partial charge on any atom is 0.397 e. The molecule has 1 unspecified atom stereocenters. The van der Waals surface area contributed by atoms with E-state index < -0.39 is 46.1 Å². The molecule has 0 radical (unpaired) electrons. The fourth-order valence-corrected chi connectivity index (χ4v) is 3.81. The highest BCUT2D eigenvalue weighted by Crippen LogP contribution is 2.11. The van der Waals surface area contributed by atoms with Crippen LogP contribution in [0.2, 0.25) is 0 Å². The maximum absolute atomic E-state index is 11.7. The third kappa shape index (κ3) is 25.4. The summed E-state index contributed by atoms with van der Waals surface area (Å²) in [7, 11) is -9.79. The van der Waals surface area contributed by atoms with Gasteiger partial charge in [-0.15, -0.1) is 0 Å². The van der Waals surface area contributed by atoms with Crippen molar-refractivity contribution < 1.29 is 43.8 Å². The molecule has 0 spiro atoms. The lowest BCUT2D eigenvalue weighted by atomic mass is 10.1. The molecule has 0 saturated heterocycles. The summed E-state index contributed by atoms with van der Waals surface area (Å²) >= 11 is 0. The van der Waals surface area contributed by atoms with Gasteiger partial charge in [-0.05, 0) is 32.1 Å². The summed E-state index contributed by atoms with van der Waals surface area (Å²) < 4.78 is 72.8. The summed E-state index contributed by atoms with van der Waals surface area (Å²) in [6.45, 7) is 0.594. The zero-order valence-electron chi connectivity index (χ0n) is 19.5. The SMILES string of the molecule is CCCCCCCC/C=C\CCCCCCCC(=O)OCC(COS(=O)(=O)O)OS(=O)(=O)O. The zero-order chi connectivity index (χ0) is 25.0. The first-order valence-corrected chi connectivity index (χ1v) is 14.3. The Hall–Kier alpha value is -1.05. The van der Waals surface area contributed by atoms with Crippen molar-refractivity contribution in [2.45, 2.75) is 103 Å². The molecule has 0 amide bonds. The van der Waals surface area contributed by atoms with Gasteiger partial charge in [0, 0.05) is 6.42 Å². The molecule has 0 fully saturated rings. The number of hydrogen-bond acceptors (Lipinski definition) is 8. The van der Waals surface area contributed by atoms with Gasteiger partial charge in [-0.25, -0.2) is 8.37 Å². The summed E-state index contributed by atoms with van der Waals surface area (Å²) in [5, 5.41) is 0. The third-order valence-corrected chi connectivity index (χ3v) is 5.68. The molecule has 33 heavy (non-hydrogen) atoms. The van der Waals surface area contributed by atoms with Crippen molar-refractivity contribution in [2.24, 2.45) is 0 Å². The van der Waals surface area contributed by atoms with E-state index in [0.717, 1.165) is 38.5 Å². The normalized spacial score (nSPS) is 13.4. The molecule has 1 atom stereocenters. The van der Waals surface area contributed by atoms with Crippen molar-refractivity contribution in [2.75, 3.05) is 13.2 Å². The van der Waals surface area contributed by atoms with Crippen molar-refractivity contribution in [3.05, 3.63) is 12.2 Å². The van der Waals surface area contributed by atoms with E-state index in [9.17, 15) is 21.6 Å². The van der Waals surface area contributed by atoms with Crippen LogP contribution < -0.4 is 0 Å². The molecule has 12 heteroatoms. The van der Waals surface area contributed by atoms with Gasteiger partial charge in [-0.1, -0.05) is 70.4 Å². The molecule has 0 bridgehead atoms. The fraction of sp³-hybridized carbons (Fsp3) is 0.857. The molecule has 196 valence electrons. The van der Waals surface area contributed by atoms with Crippen LogP contribution in [-0.2, 0) is 38.7 Å². The van der Waals surface area contributed by atoms with Crippen LogP contribution in [0.5, 0.6) is 0 Å². The number of esters is 1. The molecule has 0 aliphatic heterocycles. The van der Waals surface area contributed by atoms with E-state index >= 15 is 0 Å². The summed E-state index contributed by atoms with van der Waals surface area (Å²) in [5.41, 5.74) is 0. The Kier molecular flexibility index (Phi) is 18.7. The Balaban J connectivity index is 3.78. The smallest absolute Gasteiger partial charge is 0.397 e. The highest BCUT2D eigenvalue weighted by molar-refractivity contribution is 7.81. The van der Waals surface area contributed by atoms with Crippen LogP contribution in [0.25, 0.3) is 0 Å². The van der Waals surface area contributed by atoms with Crippen LogP contribution >= 0.6 is 0 Å². The Morgan fingerprint density at radius 3 is 1.79 bits per heavy atom. The molecule has 0 rings (SSSR count). The molecule has 0 aliphatic carbocycles. The van der Waals surface area contributed by atoms with Gasteiger partial charge in [0.25, 0.3) is 0 Å². The van der Waals surface area contributed by atoms with Crippen molar-refractivity contribution in [1.82, 2.24) is 0 Å². The second kappa shape index (κ2) is 19.3. The van der Waals surface area contributed by atoms with E-state index in [1.807, 2.05) is 0 Å². The first-order valence-electron chi connectivity index (χ1n) is 11.6. The molecule has 2 N–H and O–H groups in total. The lowest BCUT2D eigenvalue weighted by Gasteiger charge is -2.14. The van der Waals surface area contributed by atoms with Crippen molar-refractivity contribution in [3.8, 4) is 0 Å². The fourth-order valence-electron chi connectivity index (χ4n) is 3.04. The molecule has 10 nitrogen and oxygen atoms in total. The Labute approximate surface area is 199 Å². The maximum atomic E-state index is 11.7. The lowest BCUT2D eigenvalue weighted by Crippen LogP contribution is -2.30. The van der Waals surface area contributed by atoms with Gasteiger partial charge in [-0.3, -0.25) is 13.9 Å². The minimum atomic E-state index is -4.94. The Morgan fingerprint density at radius 1 is 0.758 bits per heavy atom. The average molecular weight is 517 g/mol. The Bertz CT molecular complexity index is 732. The van der Waals surface area contributed by atoms with E-state index in [-0.39, 0.29) is 6.42 Å². The van der Waals surface area contributed by atoms with Gasteiger partial charge < -0.3 is 4.74 Å². The molecular formula is C21H40O10S2. The lowest BCUT2D eigenvalue weighted by molar-refractivity contribution is -0.146. The van der Waals surface area contributed by atoms with Crippen LogP contribution in [0.15, 0.2) is 12.2 Å². The minimum Gasteiger partial charge on any atom is -0.463 e. The van der Waals surface area contributed by atoms with Gasteiger partial charge in [0.15, 0.2) is 0 Å². The van der Waals surface area contributed by atoms with Crippen molar-refractivity contribution >= 4 is 26.8 Å². The standard InChI is InChI=1S/C21H40O10S2/c1-2-3-4-5-6-7-8-9-10-11-12-13-14-15-16-17-21(22)29-18-20(31-33(26,27)28)19-30-32(23,24)25/h9-10,20H,2-8,11-19H2,1H3,(H,23,24,25)(H,26,27,28)/b10-9-. The van der Waals surface area contributed by atoms with E-state index in [4.69, 9.17) is 13.8 Å². The number of rotatable bonds is 22. The average Bonchev–Trinajstić information content (AvgIpc) is 2.71. The number of ether oxygens (including phenoxy) is 1. The minimum absolute atomic E-state index is 0.107. The summed E-state index contributed by atoms with van der Waals surface area (Å²) in [4.78, 5) is 11.7. The van der Waals surface area contributed by atoms with Crippen LogP contribution in [0.3, 0.4) is 0 Å². The molecule has 0 aromatic rings. The molecule has 0 aliphatic rings. The Morgan fingerprint density at radius 2 is 1.27 bits per heavy atom.